The lowest BCUT2D eigenvalue weighted by Crippen LogP contribution is -2.49. The number of aromatic hydroxyl groups is 1. The molecule has 1 saturated carbocycles. The van der Waals surface area contributed by atoms with E-state index in [0.717, 1.165) is 42.3 Å². The number of hydrogen-bond donors (Lipinski definition) is 2. The van der Waals surface area contributed by atoms with Gasteiger partial charge < -0.3 is 15.0 Å². The first kappa shape index (κ1) is 21.0. The van der Waals surface area contributed by atoms with E-state index in [-0.39, 0.29) is 17.4 Å². The maximum absolute atomic E-state index is 12.7. The topological polar surface area (TPSA) is 73.4 Å². The van der Waals surface area contributed by atoms with E-state index >= 15 is 0 Å². The van der Waals surface area contributed by atoms with E-state index in [2.05, 4.69) is 9.88 Å². The zero-order valence-corrected chi connectivity index (χ0v) is 17.9. The summed E-state index contributed by atoms with van der Waals surface area (Å²) in [6, 6.07) is 5.78. The molecule has 2 aromatic rings. The molecule has 0 bridgehead atoms. The summed E-state index contributed by atoms with van der Waals surface area (Å²) >= 11 is 0. The summed E-state index contributed by atoms with van der Waals surface area (Å²) in [5, 5.41) is 10.7. The molecule has 162 valence electrons. The third-order valence-electron chi connectivity index (χ3n) is 7.06. The second kappa shape index (κ2) is 9.67. The smallest absolute Gasteiger partial charge is 0.222 e. The van der Waals surface area contributed by atoms with Crippen molar-refractivity contribution in [2.24, 2.45) is 5.92 Å². The molecule has 0 spiro atoms. The summed E-state index contributed by atoms with van der Waals surface area (Å²) in [6.45, 7) is 0.911. The number of benzene rings is 1. The van der Waals surface area contributed by atoms with Gasteiger partial charge in [0.1, 0.15) is 11.5 Å². The molecule has 2 aliphatic rings. The number of phenols is 1. The highest BCUT2D eigenvalue weighted by atomic mass is 16.3. The Balaban J connectivity index is 1.18. The van der Waals surface area contributed by atoms with Crippen LogP contribution in [0.2, 0.25) is 0 Å². The zero-order valence-electron chi connectivity index (χ0n) is 17.9. The highest BCUT2D eigenvalue weighted by molar-refractivity contribution is 5.84. The molecule has 2 heterocycles. The summed E-state index contributed by atoms with van der Waals surface area (Å²) in [5.41, 5.74) is 2.14. The molecule has 1 amide bonds. The number of phenolic OH excluding ortho intramolecular Hbond substituents is 1. The SMILES string of the molecule is O=C(CCCC(=O)N1CCCC2CCCCC21)CCCc1c[nH]c2ccc(O)cc12. The molecule has 1 saturated heterocycles. The Kier molecular flexibility index (Phi) is 6.76. The number of piperidine rings is 1. The van der Waals surface area contributed by atoms with E-state index in [9.17, 15) is 14.7 Å². The molecule has 5 nitrogen and oxygen atoms in total. The number of hydrogen-bond acceptors (Lipinski definition) is 3. The Bertz CT molecular complexity index is 886. The Morgan fingerprint density at radius 1 is 1.03 bits per heavy atom. The Morgan fingerprint density at radius 2 is 1.83 bits per heavy atom. The molecular formula is C25H34N2O3. The van der Waals surface area contributed by atoms with Gasteiger partial charge in [-0.2, -0.15) is 0 Å². The van der Waals surface area contributed by atoms with Gasteiger partial charge in [-0.15, -0.1) is 0 Å². The van der Waals surface area contributed by atoms with Gasteiger partial charge in [0.05, 0.1) is 0 Å². The molecule has 30 heavy (non-hydrogen) atoms. The maximum atomic E-state index is 12.7. The fraction of sp³-hybridized carbons (Fsp3) is 0.600. The number of likely N-dealkylation sites (tertiary alicyclic amines) is 1. The lowest BCUT2D eigenvalue weighted by atomic mass is 9.78. The van der Waals surface area contributed by atoms with Crippen molar-refractivity contribution < 1.29 is 14.7 Å². The third-order valence-corrected chi connectivity index (χ3v) is 7.06. The number of carbonyl (C=O) groups excluding carboxylic acids is 2. The number of aromatic amines is 1. The van der Waals surface area contributed by atoms with Gasteiger partial charge in [-0.25, -0.2) is 0 Å². The highest BCUT2D eigenvalue weighted by Gasteiger charge is 2.35. The van der Waals surface area contributed by atoms with Crippen LogP contribution in [0.25, 0.3) is 10.9 Å². The van der Waals surface area contributed by atoms with E-state index in [0.29, 0.717) is 37.6 Å². The average molecular weight is 411 g/mol. The van der Waals surface area contributed by atoms with Gasteiger partial charge in [0.25, 0.3) is 0 Å². The molecule has 2 atom stereocenters. The van der Waals surface area contributed by atoms with Crippen molar-refractivity contribution in [3.8, 4) is 5.75 Å². The van der Waals surface area contributed by atoms with Crippen molar-refractivity contribution in [1.29, 1.82) is 0 Å². The number of carbonyl (C=O) groups is 2. The van der Waals surface area contributed by atoms with E-state index in [4.69, 9.17) is 0 Å². The van der Waals surface area contributed by atoms with Crippen LogP contribution in [0.4, 0.5) is 0 Å². The van der Waals surface area contributed by atoms with Crippen molar-refractivity contribution in [1.82, 2.24) is 9.88 Å². The third kappa shape index (κ3) is 4.88. The first-order chi connectivity index (χ1) is 14.6. The summed E-state index contributed by atoms with van der Waals surface area (Å²) in [4.78, 5) is 30.4. The van der Waals surface area contributed by atoms with Crippen molar-refractivity contribution >= 4 is 22.6 Å². The van der Waals surface area contributed by atoms with Crippen LogP contribution in [0, 0.1) is 5.92 Å². The number of nitrogens with one attached hydrogen (secondary N) is 1. The summed E-state index contributed by atoms with van der Waals surface area (Å²) in [5.74, 6) is 1.49. The van der Waals surface area contributed by atoms with Crippen LogP contribution in [0.5, 0.6) is 5.75 Å². The molecule has 0 radical (unpaired) electrons. The number of rotatable bonds is 8. The first-order valence-electron chi connectivity index (χ1n) is 11.7. The van der Waals surface area contributed by atoms with Gasteiger partial charge in [-0.05, 0) is 74.6 Å². The summed E-state index contributed by atoms with van der Waals surface area (Å²) in [7, 11) is 0. The minimum Gasteiger partial charge on any atom is -0.508 e. The average Bonchev–Trinajstić information content (AvgIpc) is 3.15. The van der Waals surface area contributed by atoms with Crippen LogP contribution in [-0.4, -0.2) is 39.3 Å². The van der Waals surface area contributed by atoms with Crippen LogP contribution >= 0.6 is 0 Å². The summed E-state index contributed by atoms with van der Waals surface area (Å²) in [6.07, 6.45) is 13.2. The van der Waals surface area contributed by atoms with E-state index < -0.39 is 0 Å². The fourth-order valence-electron chi connectivity index (χ4n) is 5.49. The molecule has 1 aliphatic carbocycles. The number of fused-ring (bicyclic) bond motifs is 2. The second-order valence-corrected chi connectivity index (χ2v) is 9.13. The van der Waals surface area contributed by atoms with Gasteiger partial charge in [-0.1, -0.05) is 12.8 Å². The number of aromatic nitrogens is 1. The number of amides is 1. The summed E-state index contributed by atoms with van der Waals surface area (Å²) < 4.78 is 0. The second-order valence-electron chi connectivity index (χ2n) is 9.13. The predicted molar refractivity (Wildman–Crippen MR) is 118 cm³/mol. The lowest BCUT2D eigenvalue weighted by Gasteiger charge is -2.44. The monoisotopic (exact) mass is 410 g/mol. The van der Waals surface area contributed by atoms with Gasteiger partial charge in [0, 0.05) is 48.9 Å². The molecular weight excluding hydrogens is 376 g/mol. The first-order valence-corrected chi connectivity index (χ1v) is 11.7. The van der Waals surface area contributed by atoms with Gasteiger partial charge in [0.2, 0.25) is 5.91 Å². The van der Waals surface area contributed by atoms with Crippen LogP contribution in [0.1, 0.15) is 76.2 Å². The molecule has 1 aliphatic heterocycles. The standard InChI is InChI=1S/C25H34N2O3/c28-20(9-3-7-19-17-26-23-14-13-21(29)16-22(19)23)10-4-12-25(30)27-15-5-8-18-6-1-2-11-24(18)27/h13-14,16-18,24,26,29H,1-12,15H2. The van der Waals surface area contributed by atoms with Crippen LogP contribution in [0.15, 0.2) is 24.4 Å². The Morgan fingerprint density at radius 3 is 2.73 bits per heavy atom. The fourth-order valence-corrected chi connectivity index (χ4v) is 5.49. The number of ketones is 1. The highest BCUT2D eigenvalue weighted by Crippen LogP contribution is 2.35. The zero-order chi connectivity index (χ0) is 20.9. The van der Waals surface area contributed by atoms with Gasteiger partial charge in [0.15, 0.2) is 0 Å². The van der Waals surface area contributed by atoms with Crippen LogP contribution in [0.3, 0.4) is 0 Å². The minimum absolute atomic E-state index is 0.250. The molecule has 2 unspecified atom stereocenters. The van der Waals surface area contributed by atoms with Crippen molar-refractivity contribution in [2.45, 2.75) is 83.1 Å². The van der Waals surface area contributed by atoms with Gasteiger partial charge in [-0.3, -0.25) is 9.59 Å². The van der Waals surface area contributed by atoms with Crippen LogP contribution < -0.4 is 0 Å². The lowest BCUT2D eigenvalue weighted by molar-refractivity contribution is -0.137. The van der Waals surface area contributed by atoms with E-state index in [1.165, 1.54) is 32.1 Å². The molecule has 1 aromatic carbocycles. The largest absolute Gasteiger partial charge is 0.508 e. The minimum atomic E-state index is 0.250. The molecule has 5 heteroatoms. The molecule has 2 N–H and O–H groups in total. The Hall–Kier alpha value is -2.30. The number of H-pyrrole nitrogens is 1. The van der Waals surface area contributed by atoms with Crippen molar-refractivity contribution in [3.63, 3.8) is 0 Å². The Labute approximate surface area is 178 Å². The molecule has 4 rings (SSSR count). The normalized spacial score (nSPS) is 21.5. The number of Topliss-reactive ketones (excluding diaryl/α,β-unsaturated/α-hetero) is 1. The van der Waals surface area contributed by atoms with E-state index in [1.807, 2.05) is 12.3 Å². The van der Waals surface area contributed by atoms with Gasteiger partial charge >= 0.3 is 0 Å². The van der Waals surface area contributed by atoms with Crippen molar-refractivity contribution in [3.05, 3.63) is 30.0 Å². The molecule has 2 fully saturated rings. The quantitative estimate of drug-likeness (QED) is 0.634. The predicted octanol–water partition coefficient (Wildman–Crippen LogP) is 5.12. The number of nitrogens with zero attached hydrogens (tertiary/aromatic N) is 1. The van der Waals surface area contributed by atoms with Crippen molar-refractivity contribution in [2.75, 3.05) is 6.54 Å². The molecule has 1 aromatic heterocycles. The van der Waals surface area contributed by atoms with Crippen LogP contribution in [-0.2, 0) is 16.0 Å². The maximum Gasteiger partial charge on any atom is 0.222 e. The van der Waals surface area contributed by atoms with E-state index in [1.54, 1.807) is 12.1 Å². The number of aryl methyl sites for hydroxylation is 1.